The molecule has 4 nitrogen and oxygen atoms in total. The fraction of sp³-hybridized carbons (Fsp3) is 0.742. The number of carbonyl (C=O) groups is 1. The molecule has 0 fully saturated rings. The van der Waals surface area contributed by atoms with Crippen molar-refractivity contribution in [1.29, 1.82) is 5.26 Å². The van der Waals surface area contributed by atoms with Crippen molar-refractivity contribution in [3.05, 3.63) is 22.3 Å². The van der Waals surface area contributed by atoms with E-state index in [0.29, 0.717) is 11.3 Å². The molecule has 0 amide bonds. The zero-order chi connectivity index (χ0) is 26.2. The second-order valence-corrected chi connectivity index (χ2v) is 11.9. The highest BCUT2D eigenvalue weighted by Crippen LogP contribution is 2.45. The molecule has 0 radical (unpaired) electrons. The van der Waals surface area contributed by atoms with E-state index in [9.17, 15) is 10.1 Å². The molecule has 0 saturated heterocycles. The minimum atomic E-state index is -0.403. The van der Waals surface area contributed by atoms with Crippen molar-refractivity contribution in [1.82, 2.24) is 0 Å². The minimum absolute atomic E-state index is 0.218. The Hall–Kier alpha value is -2.02. The van der Waals surface area contributed by atoms with Crippen molar-refractivity contribution >= 4 is 5.97 Å². The summed E-state index contributed by atoms with van der Waals surface area (Å²) in [5.74, 6) is 3.24. The maximum atomic E-state index is 11.6. The molecule has 4 heteroatoms. The van der Waals surface area contributed by atoms with Gasteiger partial charge in [-0.3, -0.25) is 4.79 Å². The number of fused-ring (bicyclic) bond motifs is 1. The van der Waals surface area contributed by atoms with E-state index in [4.69, 9.17) is 9.47 Å². The Morgan fingerprint density at radius 3 is 2.11 bits per heavy atom. The Bertz CT molecular complexity index is 898. The zero-order valence-corrected chi connectivity index (χ0v) is 23.7. The van der Waals surface area contributed by atoms with Crippen LogP contribution in [-0.4, -0.2) is 11.6 Å². The molecule has 1 aliphatic rings. The smallest absolute Gasteiger partial charge is 0.308 e. The van der Waals surface area contributed by atoms with Gasteiger partial charge in [-0.1, -0.05) is 72.6 Å². The Kier molecular flexibility index (Phi) is 11.1. The van der Waals surface area contributed by atoms with Gasteiger partial charge in [0.25, 0.3) is 0 Å². The van der Waals surface area contributed by atoms with E-state index in [1.807, 2.05) is 13.8 Å². The van der Waals surface area contributed by atoms with E-state index in [1.165, 1.54) is 51.9 Å². The predicted octanol–water partition coefficient (Wildman–Crippen LogP) is 8.62. The quantitative estimate of drug-likeness (QED) is 0.208. The lowest BCUT2D eigenvalue weighted by Gasteiger charge is -2.38. The normalized spacial score (nSPS) is 19.0. The summed E-state index contributed by atoms with van der Waals surface area (Å²) in [6, 6.07) is 2.27. The molecule has 3 atom stereocenters. The van der Waals surface area contributed by atoms with E-state index in [-0.39, 0.29) is 5.60 Å². The molecule has 3 unspecified atom stereocenters. The van der Waals surface area contributed by atoms with Gasteiger partial charge in [0.1, 0.15) is 23.0 Å². The van der Waals surface area contributed by atoms with E-state index in [2.05, 4.69) is 40.7 Å². The Morgan fingerprint density at radius 2 is 1.57 bits per heavy atom. The molecule has 0 saturated carbocycles. The fourth-order valence-corrected chi connectivity index (χ4v) is 5.44. The van der Waals surface area contributed by atoms with Crippen LogP contribution < -0.4 is 9.47 Å². The number of nitriles is 1. The Balaban J connectivity index is 1.87. The molecule has 0 N–H and O–H groups in total. The minimum Gasteiger partial charge on any atom is -0.487 e. The number of rotatable bonds is 13. The molecule has 35 heavy (non-hydrogen) atoms. The second-order valence-electron chi connectivity index (χ2n) is 11.9. The monoisotopic (exact) mass is 483 g/mol. The zero-order valence-electron chi connectivity index (χ0n) is 23.7. The van der Waals surface area contributed by atoms with E-state index < -0.39 is 5.97 Å². The molecule has 0 aromatic heterocycles. The second kappa shape index (κ2) is 13.3. The molecule has 196 valence electrons. The number of ether oxygens (including phenoxy) is 2. The van der Waals surface area contributed by atoms with Gasteiger partial charge in [0.15, 0.2) is 5.75 Å². The summed E-state index contributed by atoms with van der Waals surface area (Å²) in [6.45, 7) is 16.9. The molecule has 1 aromatic rings. The van der Waals surface area contributed by atoms with E-state index >= 15 is 0 Å². The van der Waals surface area contributed by atoms with Crippen LogP contribution in [-0.2, 0) is 11.2 Å². The number of nitrogens with zero attached hydrogens (tertiary/aromatic N) is 1. The average molecular weight is 484 g/mol. The third-order valence-electron chi connectivity index (χ3n) is 7.93. The van der Waals surface area contributed by atoms with Crippen LogP contribution in [0.2, 0.25) is 0 Å². The maximum Gasteiger partial charge on any atom is 0.308 e. The number of hydrogen-bond donors (Lipinski definition) is 0. The van der Waals surface area contributed by atoms with Crippen LogP contribution >= 0.6 is 0 Å². The summed E-state index contributed by atoms with van der Waals surface area (Å²) >= 11 is 0. The SMILES string of the molecule is CC(=O)Oc1c(C)c(C)c2c(c1C#N)CCC(C)(CCCC(C)CCCC(C)CCCC(C)C)O2. The van der Waals surface area contributed by atoms with Gasteiger partial charge in [-0.25, -0.2) is 0 Å². The van der Waals surface area contributed by atoms with Gasteiger partial charge < -0.3 is 9.47 Å². The van der Waals surface area contributed by atoms with Gasteiger partial charge in [-0.05, 0) is 75.3 Å². The number of esters is 1. The van der Waals surface area contributed by atoms with Crippen molar-refractivity contribution in [3.63, 3.8) is 0 Å². The molecule has 0 spiro atoms. The van der Waals surface area contributed by atoms with Gasteiger partial charge >= 0.3 is 5.97 Å². The Labute approximate surface area is 214 Å². The highest BCUT2D eigenvalue weighted by Gasteiger charge is 2.35. The van der Waals surface area contributed by atoms with Crippen molar-refractivity contribution in [2.24, 2.45) is 17.8 Å². The van der Waals surface area contributed by atoms with Crippen LogP contribution in [0.4, 0.5) is 0 Å². The standard InChI is InChI=1S/C31H49NO3/c1-21(2)12-9-13-22(3)14-10-15-23(4)16-11-18-31(8)19-17-27-28(20-32)29(34-26(7)33)24(5)25(6)30(27)35-31/h21-23H,9-19H2,1-8H3. The number of carbonyl (C=O) groups excluding carboxylic acids is 1. The summed E-state index contributed by atoms with van der Waals surface area (Å²) in [5.41, 5.74) is 2.90. The third kappa shape index (κ3) is 8.55. The van der Waals surface area contributed by atoms with Crippen LogP contribution in [0.3, 0.4) is 0 Å². The van der Waals surface area contributed by atoms with Gasteiger partial charge in [0, 0.05) is 12.5 Å². The lowest BCUT2D eigenvalue weighted by molar-refractivity contribution is -0.131. The first-order chi connectivity index (χ1) is 16.5. The van der Waals surface area contributed by atoms with Crippen LogP contribution in [0.5, 0.6) is 11.5 Å². The van der Waals surface area contributed by atoms with Crippen LogP contribution in [0.25, 0.3) is 0 Å². The number of hydrogen-bond acceptors (Lipinski definition) is 4. The van der Waals surface area contributed by atoms with Gasteiger partial charge in [0.05, 0.1) is 0 Å². The summed E-state index contributed by atoms with van der Waals surface area (Å²) < 4.78 is 12.0. The first kappa shape index (κ1) is 29.2. The molecular formula is C31H49NO3. The maximum absolute atomic E-state index is 11.6. The lowest BCUT2D eigenvalue weighted by Crippen LogP contribution is -2.37. The van der Waals surface area contributed by atoms with Crippen molar-refractivity contribution in [2.45, 2.75) is 132 Å². The molecule has 1 aromatic carbocycles. The van der Waals surface area contributed by atoms with Crippen molar-refractivity contribution in [2.75, 3.05) is 0 Å². The highest BCUT2D eigenvalue weighted by molar-refractivity contribution is 5.73. The highest BCUT2D eigenvalue weighted by atomic mass is 16.5. The summed E-state index contributed by atoms with van der Waals surface area (Å²) in [4.78, 5) is 11.6. The van der Waals surface area contributed by atoms with Gasteiger partial charge in [-0.15, -0.1) is 0 Å². The van der Waals surface area contributed by atoms with Crippen LogP contribution in [0, 0.1) is 42.9 Å². The summed E-state index contributed by atoms with van der Waals surface area (Å²) in [6.07, 6.45) is 13.2. The van der Waals surface area contributed by atoms with Crippen LogP contribution in [0.15, 0.2) is 0 Å². The van der Waals surface area contributed by atoms with Crippen molar-refractivity contribution in [3.8, 4) is 17.6 Å². The fourth-order valence-electron chi connectivity index (χ4n) is 5.44. The first-order valence-corrected chi connectivity index (χ1v) is 13.9. The van der Waals surface area contributed by atoms with Crippen molar-refractivity contribution < 1.29 is 14.3 Å². The largest absolute Gasteiger partial charge is 0.487 e. The molecular weight excluding hydrogens is 434 g/mol. The van der Waals surface area contributed by atoms with Gasteiger partial charge in [0.2, 0.25) is 0 Å². The number of benzene rings is 1. The summed E-state index contributed by atoms with van der Waals surface area (Å²) in [7, 11) is 0. The topological polar surface area (TPSA) is 59.3 Å². The average Bonchev–Trinajstić information content (AvgIpc) is 2.77. The summed E-state index contributed by atoms with van der Waals surface area (Å²) in [5, 5.41) is 9.81. The first-order valence-electron chi connectivity index (χ1n) is 13.9. The molecule has 0 bridgehead atoms. The predicted molar refractivity (Wildman–Crippen MR) is 144 cm³/mol. The van der Waals surface area contributed by atoms with E-state index in [1.54, 1.807) is 0 Å². The molecule has 1 heterocycles. The molecule has 2 rings (SSSR count). The Morgan fingerprint density at radius 1 is 1.00 bits per heavy atom. The van der Waals surface area contributed by atoms with Crippen LogP contribution in [0.1, 0.15) is 128 Å². The van der Waals surface area contributed by atoms with E-state index in [0.717, 1.165) is 65.9 Å². The third-order valence-corrected chi connectivity index (χ3v) is 7.93. The van der Waals surface area contributed by atoms with Gasteiger partial charge in [-0.2, -0.15) is 5.26 Å². The molecule has 1 aliphatic heterocycles. The lowest BCUT2D eigenvalue weighted by atomic mass is 9.83. The molecule has 0 aliphatic carbocycles.